The van der Waals surface area contributed by atoms with Crippen LogP contribution in [0.5, 0.6) is 0 Å². The number of rotatable bonds is 7. The van der Waals surface area contributed by atoms with Gasteiger partial charge in [0.1, 0.15) is 0 Å². The Morgan fingerprint density at radius 1 is 1.26 bits per heavy atom. The summed E-state index contributed by atoms with van der Waals surface area (Å²) in [5.74, 6) is 0.180. The Morgan fingerprint density at radius 2 is 1.87 bits per heavy atom. The van der Waals surface area contributed by atoms with E-state index in [9.17, 15) is 9.59 Å². The molecule has 1 heterocycles. The van der Waals surface area contributed by atoms with Crippen LogP contribution in [-0.2, 0) is 9.59 Å². The van der Waals surface area contributed by atoms with E-state index in [4.69, 9.17) is 5.73 Å². The fraction of sp³-hybridized carbons (Fsp3) is 0.875. The Kier molecular flexibility index (Phi) is 10.4. The average Bonchev–Trinajstić information content (AvgIpc) is 2.44. The topological polar surface area (TPSA) is 78.7 Å². The first kappa shape index (κ1) is 22.1. The van der Waals surface area contributed by atoms with Crippen molar-refractivity contribution in [1.82, 2.24) is 15.1 Å². The van der Waals surface area contributed by atoms with Crippen LogP contribution in [0.15, 0.2) is 0 Å². The van der Waals surface area contributed by atoms with Crippen molar-refractivity contribution in [2.75, 3.05) is 32.7 Å². The Morgan fingerprint density at radius 3 is 2.39 bits per heavy atom. The van der Waals surface area contributed by atoms with Gasteiger partial charge < -0.3 is 16.0 Å². The van der Waals surface area contributed by atoms with E-state index in [-0.39, 0.29) is 42.2 Å². The van der Waals surface area contributed by atoms with Crippen molar-refractivity contribution in [2.24, 2.45) is 11.7 Å². The molecule has 23 heavy (non-hydrogen) atoms. The predicted molar refractivity (Wildman–Crippen MR) is 95.6 cm³/mol. The first-order chi connectivity index (χ1) is 10.4. The zero-order valence-electron chi connectivity index (χ0n) is 14.9. The molecular formula is C16H33ClN4O2. The summed E-state index contributed by atoms with van der Waals surface area (Å²) in [5.41, 5.74) is 5.41. The van der Waals surface area contributed by atoms with Gasteiger partial charge in [-0.05, 0) is 47.1 Å². The summed E-state index contributed by atoms with van der Waals surface area (Å²) in [7, 11) is 0. The molecule has 1 atom stereocenters. The minimum Gasteiger partial charge on any atom is -0.355 e. The highest BCUT2D eigenvalue weighted by Gasteiger charge is 2.28. The van der Waals surface area contributed by atoms with Gasteiger partial charge in [0.15, 0.2) is 0 Å². The number of piperidine rings is 1. The molecule has 7 heteroatoms. The molecule has 0 spiro atoms. The number of nitrogens with one attached hydrogen (secondary N) is 1. The maximum atomic E-state index is 12.5. The minimum atomic E-state index is -0.0281. The highest BCUT2D eigenvalue weighted by molar-refractivity contribution is 5.85. The van der Waals surface area contributed by atoms with Gasteiger partial charge in [-0.15, -0.1) is 12.4 Å². The number of halogens is 1. The number of hydrogen-bond donors (Lipinski definition) is 2. The smallest absolute Gasteiger partial charge is 0.237 e. The van der Waals surface area contributed by atoms with Crippen LogP contribution >= 0.6 is 12.4 Å². The fourth-order valence-electron chi connectivity index (χ4n) is 3.20. The van der Waals surface area contributed by atoms with E-state index in [1.165, 1.54) is 0 Å². The molecule has 6 nitrogen and oxygen atoms in total. The van der Waals surface area contributed by atoms with Gasteiger partial charge in [-0.1, -0.05) is 0 Å². The molecule has 0 aromatic carbocycles. The van der Waals surface area contributed by atoms with Crippen molar-refractivity contribution in [2.45, 2.75) is 52.6 Å². The molecule has 1 fully saturated rings. The molecule has 0 radical (unpaired) electrons. The van der Waals surface area contributed by atoms with Gasteiger partial charge >= 0.3 is 0 Å². The summed E-state index contributed by atoms with van der Waals surface area (Å²) >= 11 is 0. The van der Waals surface area contributed by atoms with Crippen LogP contribution in [0.25, 0.3) is 0 Å². The number of likely N-dealkylation sites (tertiary alicyclic amines) is 1. The average molecular weight is 349 g/mol. The Balaban J connectivity index is 0.00000484. The number of carbonyl (C=O) groups excluding carboxylic acids is 2. The van der Waals surface area contributed by atoms with Crippen LogP contribution in [0.1, 0.15) is 40.5 Å². The minimum absolute atomic E-state index is 0. The monoisotopic (exact) mass is 348 g/mol. The maximum absolute atomic E-state index is 12.5. The Bertz CT molecular complexity index is 369. The van der Waals surface area contributed by atoms with Crippen LogP contribution < -0.4 is 11.1 Å². The summed E-state index contributed by atoms with van der Waals surface area (Å²) in [6, 6.07) is 0.391. The second kappa shape index (κ2) is 10.8. The van der Waals surface area contributed by atoms with Gasteiger partial charge in [-0.3, -0.25) is 14.5 Å². The molecule has 0 bridgehead atoms. The molecule has 0 saturated carbocycles. The van der Waals surface area contributed by atoms with Gasteiger partial charge in [-0.25, -0.2) is 0 Å². The lowest BCUT2D eigenvalue weighted by Gasteiger charge is -2.36. The summed E-state index contributed by atoms with van der Waals surface area (Å²) < 4.78 is 0. The number of nitrogens with two attached hydrogens (primary N) is 1. The van der Waals surface area contributed by atoms with Gasteiger partial charge in [0.2, 0.25) is 11.8 Å². The normalized spacial score (nSPS) is 18.7. The molecule has 1 aliphatic rings. The molecule has 1 rings (SSSR count). The standard InChI is InChI=1S/C16H32N4O2.ClH/c1-12(2)20(13(3)4)15(21)11-19-9-5-6-14(10-19)16(22)18-8-7-17;/h12-14H,5-11,17H2,1-4H3,(H,18,22);1H. The molecule has 1 aliphatic heterocycles. The van der Waals surface area contributed by atoms with Crippen LogP contribution in [0.3, 0.4) is 0 Å². The third-order valence-corrected chi connectivity index (χ3v) is 4.08. The summed E-state index contributed by atoms with van der Waals surface area (Å²) in [6.07, 6.45) is 1.84. The van der Waals surface area contributed by atoms with Crippen LogP contribution in [-0.4, -0.2) is 66.4 Å². The van der Waals surface area contributed by atoms with E-state index in [1.807, 2.05) is 32.6 Å². The molecule has 1 saturated heterocycles. The van der Waals surface area contributed by atoms with Crippen molar-refractivity contribution in [3.05, 3.63) is 0 Å². The molecule has 136 valence electrons. The van der Waals surface area contributed by atoms with Crippen molar-refractivity contribution in [3.63, 3.8) is 0 Å². The lowest BCUT2D eigenvalue weighted by atomic mass is 9.97. The largest absolute Gasteiger partial charge is 0.355 e. The Hall–Kier alpha value is -0.850. The van der Waals surface area contributed by atoms with Crippen LogP contribution in [0.4, 0.5) is 0 Å². The highest BCUT2D eigenvalue weighted by Crippen LogP contribution is 2.17. The Labute approximate surface area is 146 Å². The zero-order valence-corrected chi connectivity index (χ0v) is 15.7. The van der Waals surface area contributed by atoms with Crippen LogP contribution in [0, 0.1) is 5.92 Å². The highest BCUT2D eigenvalue weighted by atomic mass is 35.5. The second-order valence-corrected chi connectivity index (χ2v) is 6.64. The van der Waals surface area contributed by atoms with E-state index in [0.29, 0.717) is 26.2 Å². The van der Waals surface area contributed by atoms with Crippen molar-refractivity contribution < 1.29 is 9.59 Å². The van der Waals surface area contributed by atoms with Crippen LogP contribution in [0.2, 0.25) is 0 Å². The van der Waals surface area contributed by atoms with Gasteiger partial charge in [0, 0.05) is 31.7 Å². The number of carbonyl (C=O) groups is 2. The van der Waals surface area contributed by atoms with E-state index in [0.717, 1.165) is 19.4 Å². The van der Waals surface area contributed by atoms with Gasteiger partial charge in [0.25, 0.3) is 0 Å². The second-order valence-electron chi connectivity index (χ2n) is 6.64. The van der Waals surface area contributed by atoms with Gasteiger partial charge in [-0.2, -0.15) is 0 Å². The molecular weight excluding hydrogens is 316 g/mol. The van der Waals surface area contributed by atoms with E-state index >= 15 is 0 Å². The van der Waals surface area contributed by atoms with E-state index in [1.54, 1.807) is 0 Å². The van der Waals surface area contributed by atoms with Gasteiger partial charge in [0.05, 0.1) is 12.5 Å². The number of amides is 2. The molecule has 2 amide bonds. The molecule has 1 unspecified atom stereocenters. The number of nitrogens with zero attached hydrogens (tertiary/aromatic N) is 2. The zero-order chi connectivity index (χ0) is 16.7. The third kappa shape index (κ3) is 7.06. The third-order valence-electron chi connectivity index (χ3n) is 4.08. The van der Waals surface area contributed by atoms with E-state index in [2.05, 4.69) is 10.2 Å². The fourth-order valence-corrected chi connectivity index (χ4v) is 3.20. The van der Waals surface area contributed by atoms with Crippen molar-refractivity contribution in [1.29, 1.82) is 0 Å². The summed E-state index contributed by atoms with van der Waals surface area (Å²) in [5, 5.41) is 2.85. The predicted octanol–water partition coefficient (Wildman–Crippen LogP) is 0.841. The first-order valence-corrected chi connectivity index (χ1v) is 8.38. The lowest BCUT2D eigenvalue weighted by Crippen LogP contribution is -2.50. The molecule has 0 aliphatic carbocycles. The van der Waals surface area contributed by atoms with E-state index < -0.39 is 0 Å². The molecule has 3 N–H and O–H groups in total. The van der Waals surface area contributed by atoms with Crippen molar-refractivity contribution in [3.8, 4) is 0 Å². The number of hydrogen-bond acceptors (Lipinski definition) is 4. The SMILES string of the molecule is CC(C)N(C(=O)CN1CCCC(C(=O)NCCN)C1)C(C)C.Cl. The summed E-state index contributed by atoms with van der Waals surface area (Å²) in [4.78, 5) is 28.6. The maximum Gasteiger partial charge on any atom is 0.237 e. The lowest BCUT2D eigenvalue weighted by molar-refractivity contribution is -0.137. The quantitative estimate of drug-likeness (QED) is 0.714. The van der Waals surface area contributed by atoms with Crippen molar-refractivity contribution >= 4 is 24.2 Å². The first-order valence-electron chi connectivity index (χ1n) is 8.38. The molecule has 0 aromatic heterocycles. The molecule has 0 aromatic rings. The summed E-state index contributed by atoms with van der Waals surface area (Å²) in [6.45, 7) is 11.1.